The zero-order chi connectivity index (χ0) is 14.2. The number of aryl methyl sites for hydroxylation is 1. The Morgan fingerprint density at radius 2 is 2.21 bits per heavy atom. The Balaban J connectivity index is 2.43. The Kier molecular flexibility index (Phi) is 3.64. The van der Waals surface area contributed by atoms with Crippen molar-refractivity contribution >= 4 is 11.8 Å². The lowest BCUT2D eigenvalue weighted by atomic mass is 10.1. The minimum absolute atomic E-state index is 0.148. The Morgan fingerprint density at radius 1 is 1.53 bits per heavy atom. The normalized spacial score (nSPS) is 15.3. The van der Waals surface area contributed by atoms with Gasteiger partial charge in [-0.2, -0.15) is 0 Å². The summed E-state index contributed by atoms with van der Waals surface area (Å²) in [4.78, 5) is 29.6. The maximum Gasteiger partial charge on any atom is 0.344 e. The van der Waals surface area contributed by atoms with Gasteiger partial charge in [-0.05, 0) is 26.7 Å². The van der Waals surface area contributed by atoms with Crippen molar-refractivity contribution in [3.63, 3.8) is 0 Å². The first kappa shape index (κ1) is 13.6. The highest BCUT2D eigenvalue weighted by atomic mass is 16.5. The second-order valence-corrected chi connectivity index (χ2v) is 5.08. The fourth-order valence-electron chi connectivity index (χ4n) is 2.26. The number of nitrogens with zero attached hydrogens (tertiary/aromatic N) is 1. The van der Waals surface area contributed by atoms with Crippen LogP contribution < -0.4 is 10.3 Å². The SMILES string of the molecule is CCC(C)OC(=O)c1c(C)[nH]c2c(c1=O)CCN2C. The maximum absolute atomic E-state index is 12.4. The summed E-state index contributed by atoms with van der Waals surface area (Å²) in [5, 5.41) is 0. The summed E-state index contributed by atoms with van der Waals surface area (Å²) < 4.78 is 5.26. The highest BCUT2D eigenvalue weighted by Crippen LogP contribution is 2.23. The molecule has 0 aromatic carbocycles. The van der Waals surface area contributed by atoms with Crippen molar-refractivity contribution in [2.75, 3.05) is 18.5 Å². The van der Waals surface area contributed by atoms with Gasteiger partial charge in [-0.3, -0.25) is 4.79 Å². The topological polar surface area (TPSA) is 62.4 Å². The Hall–Kier alpha value is -1.78. The highest BCUT2D eigenvalue weighted by molar-refractivity contribution is 5.91. The van der Waals surface area contributed by atoms with E-state index in [-0.39, 0.29) is 17.1 Å². The van der Waals surface area contributed by atoms with Gasteiger partial charge in [0.05, 0.1) is 6.10 Å². The molecule has 0 radical (unpaired) electrons. The predicted molar refractivity (Wildman–Crippen MR) is 73.9 cm³/mol. The summed E-state index contributed by atoms with van der Waals surface area (Å²) in [6, 6.07) is 0. The van der Waals surface area contributed by atoms with Gasteiger partial charge in [0.1, 0.15) is 11.4 Å². The summed E-state index contributed by atoms with van der Waals surface area (Å²) in [5.74, 6) is 0.299. The Bertz CT molecular complexity index is 563. The van der Waals surface area contributed by atoms with Crippen LogP contribution in [0.1, 0.15) is 41.9 Å². The summed E-state index contributed by atoms with van der Waals surface area (Å²) >= 11 is 0. The number of likely N-dealkylation sites (N-methyl/N-ethyl adjacent to an activating group) is 1. The predicted octanol–water partition coefficient (Wildman–Crippen LogP) is 1.63. The number of aromatic nitrogens is 1. The van der Waals surface area contributed by atoms with Crippen molar-refractivity contribution in [1.29, 1.82) is 0 Å². The molecule has 1 aliphatic rings. The van der Waals surface area contributed by atoms with Gasteiger partial charge in [0, 0.05) is 24.8 Å². The van der Waals surface area contributed by atoms with Gasteiger partial charge in [-0.15, -0.1) is 0 Å². The van der Waals surface area contributed by atoms with Crippen LogP contribution in [-0.4, -0.2) is 30.6 Å². The average Bonchev–Trinajstić information content (AvgIpc) is 2.71. The second-order valence-electron chi connectivity index (χ2n) is 5.08. The fourth-order valence-corrected chi connectivity index (χ4v) is 2.26. The summed E-state index contributed by atoms with van der Waals surface area (Å²) in [6.45, 7) is 6.29. The van der Waals surface area contributed by atoms with E-state index in [1.165, 1.54) is 0 Å². The first-order valence-electron chi connectivity index (χ1n) is 6.63. The Morgan fingerprint density at radius 3 is 2.84 bits per heavy atom. The Labute approximate surface area is 112 Å². The molecule has 1 aromatic rings. The lowest BCUT2D eigenvalue weighted by Crippen LogP contribution is -2.25. The van der Waals surface area contributed by atoms with Gasteiger partial charge in [-0.1, -0.05) is 6.92 Å². The number of H-pyrrole nitrogens is 1. The van der Waals surface area contributed by atoms with Crippen LogP contribution in [0.5, 0.6) is 0 Å². The summed E-state index contributed by atoms with van der Waals surface area (Å²) in [6.07, 6.45) is 1.23. The van der Waals surface area contributed by atoms with Gasteiger partial charge >= 0.3 is 5.97 Å². The molecule has 2 heterocycles. The van der Waals surface area contributed by atoms with Crippen LogP contribution in [0.2, 0.25) is 0 Å². The number of pyridine rings is 1. The van der Waals surface area contributed by atoms with Crippen LogP contribution in [0.15, 0.2) is 4.79 Å². The number of ether oxygens (including phenoxy) is 1. The second kappa shape index (κ2) is 5.07. The molecule has 5 nitrogen and oxygen atoms in total. The zero-order valence-corrected chi connectivity index (χ0v) is 11.9. The minimum Gasteiger partial charge on any atom is -0.459 e. The highest BCUT2D eigenvalue weighted by Gasteiger charge is 2.26. The van der Waals surface area contributed by atoms with E-state index >= 15 is 0 Å². The van der Waals surface area contributed by atoms with E-state index in [0.717, 1.165) is 18.8 Å². The van der Waals surface area contributed by atoms with Crippen LogP contribution in [0.4, 0.5) is 5.82 Å². The molecule has 5 heteroatoms. The molecule has 0 saturated carbocycles. The van der Waals surface area contributed by atoms with Crippen LogP contribution >= 0.6 is 0 Å². The van der Waals surface area contributed by atoms with E-state index in [1.807, 2.05) is 25.8 Å². The number of hydrogen-bond acceptors (Lipinski definition) is 4. The molecule has 0 saturated heterocycles. The van der Waals surface area contributed by atoms with E-state index in [4.69, 9.17) is 4.74 Å². The van der Waals surface area contributed by atoms with Crippen LogP contribution in [0.3, 0.4) is 0 Å². The lowest BCUT2D eigenvalue weighted by molar-refractivity contribution is 0.0331. The van der Waals surface area contributed by atoms with E-state index in [1.54, 1.807) is 6.92 Å². The molecule has 0 amide bonds. The number of aromatic amines is 1. The number of anilines is 1. The third kappa shape index (κ3) is 2.37. The number of nitrogens with one attached hydrogen (secondary N) is 1. The van der Waals surface area contributed by atoms with Crippen molar-refractivity contribution in [3.05, 3.63) is 27.0 Å². The molecule has 104 valence electrons. The van der Waals surface area contributed by atoms with Crippen molar-refractivity contribution in [2.45, 2.75) is 39.7 Å². The first-order chi connectivity index (χ1) is 8.95. The number of hydrogen-bond donors (Lipinski definition) is 1. The van der Waals surface area contributed by atoms with Gasteiger partial charge in [-0.25, -0.2) is 4.79 Å². The number of rotatable bonds is 3. The minimum atomic E-state index is -0.523. The summed E-state index contributed by atoms with van der Waals surface area (Å²) in [5.41, 5.74) is 1.22. The molecular weight excluding hydrogens is 244 g/mol. The maximum atomic E-state index is 12.4. The average molecular weight is 264 g/mol. The first-order valence-corrected chi connectivity index (χ1v) is 6.63. The lowest BCUT2D eigenvalue weighted by Gasteiger charge is -2.15. The van der Waals surface area contributed by atoms with Gasteiger partial charge in [0.25, 0.3) is 0 Å². The molecule has 19 heavy (non-hydrogen) atoms. The molecule has 0 bridgehead atoms. The number of carbonyl (C=O) groups excluding carboxylic acids is 1. The number of fused-ring (bicyclic) bond motifs is 1. The molecule has 1 atom stereocenters. The molecule has 1 unspecified atom stereocenters. The van der Waals surface area contributed by atoms with E-state index in [0.29, 0.717) is 17.7 Å². The van der Waals surface area contributed by atoms with Crippen LogP contribution in [0.25, 0.3) is 0 Å². The molecule has 1 aromatic heterocycles. The monoisotopic (exact) mass is 264 g/mol. The van der Waals surface area contributed by atoms with Crippen molar-refractivity contribution in [3.8, 4) is 0 Å². The van der Waals surface area contributed by atoms with E-state index in [9.17, 15) is 9.59 Å². The van der Waals surface area contributed by atoms with Gasteiger partial charge in [0.15, 0.2) is 0 Å². The molecular formula is C14H20N2O3. The zero-order valence-electron chi connectivity index (χ0n) is 11.9. The third-order valence-corrected chi connectivity index (χ3v) is 3.63. The van der Waals surface area contributed by atoms with Gasteiger partial charge in [0.2, 0.25) is 5.43 Å². The third-order valence-electron chi connectivity index (χ3n) is 3.63. The molecule has 2 rings (SSSR count). The standard InChI is InChI=1S/C14H20N2O3/c1-5-8(2)19-14(18)11-9(3)15-13-10(12(11)17)6-7-16(13)4/h8H,5-7H2,1-4H3,(H,15,17). The van der Waals surface area contributed by atoms with Crippen LogP contribution in [-0.2, 0) is 11.2 Å². The van der Waals surface area contributed by atoms with E-state index < -0.39 is 5.97 Å². The largest absolute Gasteiger partial charge is 0.459 e. The quantitative estimate of drug-likeness (QED) is 0.843. The molecule has 0 aliphatic carbocycles. The number of esters is 1. The van der Waals surface area contributed by atoms with Gasteiger partial charge < -0.3 is 14.6 Å². The molecule has 1 N–H and O–H groups in total. The molecule has 0 fully saturated rings. The number of carbonyl (C=O) groups is 1. The van der Waals surface area contributed by atoms with Crippen LogP contribution in [0, 0.1) is 6.92 Å². The smallest absolute Gasteiger partial charge is 0.344 e. The van der Waals surface area contributed by atoms with Crippen molar-refractivity contribution in [2.24, 2.45) is 0 Å². The summed E-state index contributed by atoms with van der Waals surface area (Å²) in [7, 11) is 1.93. The van der Waals surface area contributed by atoms with Crippen molar-refractivity contribution in [1.82, 2.24) is 4.98 Å². The fraction of sp³-hybridized carbons (Fsp3) is 0.571. The van der Waals surface area contributed by atoms with E-state index in [2.05, 4.69) is 4.98 Å². The molecule has 1 aliphatic heterocycles. The van der Waals surface area contributed by atoms with Crippen molar-refractivity contribution < 1.29 is 9.53 Å². The molecule has 0 spiro atoms.